The maximum Gasteiger partial charge on any atom is 0.513 e. The van der Waals surface area contributed by atoms with Crippen molar-refractivity contribution in [3.63, 3.8) is 0 Å². The Kier molecular flexibility index (Phi) is 30.3. The van der Waals surface area contributed by atoms with Crippen LogP contribution in [0.5, 0.6) is 0 Å². The fourth-order valence-corrected chi connectivity index (χ4v) is 6.59. The van der Waals surface area contributed by atoms with Crippen LogP contribution >= 0.6 is 0 Å². The molecule has 2 aromatic rings. The Morgan fingerprint density at radius 1 is 0.393 bits per heavy atom. The molecule has 0 aromatic heterocycles. The molecule has 316 valence electrons. The zero-order valence-corrected chi connectivity index (χ0v) is 34.9. The van der Waals surface area contributed by atoms with E-state index in [-0.39, 0.29) is 0 Å². The van der Waals surface area contributed by atoms with Crippen LogP contribution in [0.15, 0.2) is 60.7 Å². The lowest BCUT2D eigenvalue weighted by molar-refractivity contribution is -0.348. The fraction of sp³-hybridized carbons (Fsp3) is 0.681. The molecule has 0 amide bonds. The third-order valence-corrected chi connectivity index (χ3v) is 10.0. The lowest BCUT2D eigenvalue weighted by Gasteiger charge is -2.20. The third kappa shape index (κ3) is 26.4. The summed E-state index contributed by atoms with van der Waals surface area (Å²) in [6.07, 6.45) is 28.3. The minimum Gasteiger partial charge on any atom is -0.400 e. The topological polar surface area (TPSA) is 107 Å². The molecule has 2 unspecified atom stereocenters. The lowest BCUT2D eigenvalue weighted by Crippen LogP contribution is -2.28. The second kappa shape index (κ2) is 34.8. The molecule has 0 radical (unpaired) electrons. The fourth-order valence-electron chi connectivity index (χ4n) is 6.59. The third-order valence-electron chi connectivity index (χ3n) is 10.0. The second-order valence-electron chi connectivity index (χ2n) is 15.1. The smallest absolute Gasteiger partial charge is 0.400 e. The maximum absolute atomic E-state index is 13.1. The van der Waals surface area contributed by atoms with Crippen LogP contribution in [0, 0.1) is 0 Å². The molecule has 9 heteroatoms. The minimum absolute atomic E-state index is 0.307. The lowest BCUT2D eigenvalue weighted by atomic mass is 10.0. The average molecular weight is 783 g/mol. The zero-order valence-electron chi connectivity index (χ0n) is 34.9. The van der Waals surface area contributed by atoms with E-state index in [9.17, 15) is 14.4 Å². The van der Waals surface area contributed by atoms with Crippen LogP contribution in [0.4, 0.5) is 4.79 Å². The highest BCUT2D eigenvalue weighted by molar-refractivity contribution is 5.89. The Labute approximate surface area is 338 Å². The van der Waals surface area contributed by atoms with Gasteiger partial charge in [0, 0.05) is 12.8 Å². The quantitative estimate of drug-likeness (QED) is 0.0219. The van der Waals surface area contributed by atoms with E-state index in [1.54, 1.807) is 60.7 Å². The van der Waals surface area contributed by atoms with Gasteiger partial charge in [-0.25, -0.2) is 14.4 Å². The number of carbonyl (C=O) groups is 3. The molecule has 0 aliphatic heterocycles. The van der Waals surface area contributed by atoms with Crippen molar-refractivity contribution < 1.29 is 43.4 Å². The summed E-state index contributed by atoms with van der Waals surface area (Å²) in [7, 11) is 0. The first-order valence-corrected chi connectivity index (χ1v) is 22.3. The van der Waals surface area contributed by atoms with Crippen LogP contribution in [0.2, 0.25) is 0 Å². The van der Waals surface area contributed by atoms with Gasteiger partial charge in [-0.2, -0.15) is 0 Å². The number of carbonyl (C=O) groups excluding carboxylic acids is 3. The molecule has 9 nitrogen and oxygen atoms in total. The Hall–Kier alpha value is -3.43. The van der Waals surface area contributed by atoms with Gasteiger partial charge in [0.25, 0.3) is 0 Å². The van der Waals surface area contributed by atoms with Gasteiger partial charge in [-0.05, 0) is 37.1 Å². The molecule has 0 bridgehead atoms. The SMILES string of the molecule is CCCCCCCCCCCCCCCC(OOC(=O)c1ccccc1)OC(=O)OC(CCCCCCCCCCCCCCC)OOC(=O)c1ccccc1. The van der Waals surface area contributed by atoms with Crippen LogP contribution < -0.4 is 0 Å². The molecule has 0 saturated heterocycles. The van der Waals surface area contributed by atoms with Gasteiger partial charge < -0.3 is 9.47 Å². The summed E-state index contributed by atoms with van der Waals surface area (Å²) in [6.45, 7) is 4.50. The van der Waals surface area contributed by atoms with Gasteiger partial charge in [-0.3, -0.25) is 9.78 Å². The molecule has 0 fully saturated rings. The first-order chi connectivity index (χ1) is 27.5. The van der Waals surface area contributed by atoms with Crippen LogP contribution in [0.3, 0.4) is 0 Å². The van der Waals surface area contributed by atoms with Gasteiger partial charge in [-0.15, -0.1) is 9.78 Å². The zero-order chi connectivity index (χ0) is 40.2. The highest BCUT2D eigenvalue weighted by Gasteiger charge is 2.25. The van der Waals surface area contributed by atoms with E-state index in [0.717, 1.165) is 38.5 Å². The van der Waals surface area contributed by atoms with E-state index in [1.165, 1.54) is 116 Å². The number of hydrogen-bond acceptors (Lipinski definition) is 9. The summed E-state index contributed by atoms with van der Waals surface area (Å²) in [4.78, 5) is 59.1. The van der Waals surface area contributed by atoms with Crippen LogP contribution in [-0.2, 0) is 29.0 Å². The van der Waals surface area contributed by atoms with Crippen LogP contribution in [-0.4, -0.2) is 30.7 Å². The molecular weight excluding hydrogens is 709 g/mol. The predicted molar refractivity (Wildman–Crippen MR) is 222 cm³/mol. The maximum atomic E-state index is 13.1. The Morgan fingerprint density at radius 3 is 0.946 bits per heavy atom. The van der Waals surface area contributed by atoms with E-state index in [1.807, 2.05) is 0 Å². The van der Waals surface area contributed by atoms with E-state index in [4.69, 9.17) is 29.0 Å². The summed E-state index contributed by atoms with van der Waals surface area (Å²) in [6, 6.07) is 16.9. The number of ether oxygens (including phenoxy) is 2. The number of hydrogen-bond donors (Lipinski definition) is 0. The highest BCUT2D eigenvalue weighted by atomic mass is 17.2. The van der Waals surface area contributed by atoms with Gasteiger partial charge in [0.15, 0.2) is 0 Å². The Morgan fingerprint density at radius 2 is 0.661 bits per heavy atom. The number of unbranched alkanes of at least 4 members (excludes halogenated alkanes) is 24. The minimum atomic E-state index is -1.19. The largest absolute Gasteiger partial charge is 0.513 e. The van der Waals surface area contributed by atoms with Gasteiger partial charge in [0.2, 0.25) is 12.6 Å². The van der Waals surface area contributed by atoms with Crippen molar-refractivity contribution in [2.45, 2.75) is 206 Å². The van der Waals surface area contributed by atoms with Crippen molar-refractivity contribution in [1.29, 1.82) is 0 Å². The summed E-state index contributed by atoms with van der Waals surface area (Å²) in [5.74, 6) is -1.40. The first-order valence-electron chi connectivity index (χ1n) is 22.3. The standard InChI is InChI=1S/C47H74O9/c1-3-5-7-9-11-13-15-17-19-21-23-25-33-39-43(53-55-45(48)41-35-29-27-30-36-41)51-47(50)52-44(54-56-46(49)42-37-31-28-32-38-42)40-34-26-24-22-20-18-16-14-12-10-8-6-4-2/h27-32,35-38,43-44H,3-26,33-34,39-40H2,1-2H3. The van der Waals surface area contributed by atoms with Crippen molar-refractivity contribution in [1.82, 2.24) is 0 Å². The van der Waals surface area contributed by atoms with Crippen LogP contribution in [0.1, 0.15) is 214 Å². The first kappa shape index (κ1) is 48.7. The summed E-state index contributed by atoms with van der Waals surface area (Å²) in [5, 5.41) is 0. The summed E-state index contributed by atoms with van der Waals surface area (Å²) < 4.78 is 11.0. The van der Waals surface area contributed by atoms with Crippen molar-refractivity contribution >= 4 is 18.1 Å². The summed E-state index contributed by atoms with van der Waals surface area (Å²) in [5.41, 5.74) is 0.613. The monoisotopic (exact) mass is 783 g/mol. The molecule has 0 heterocycles. The second-order valence-corrected chi connectivity index (χ2v) is 15.1. The van der Waals surface area contributed by atoms with Crippen molar-refractivity contribution in [2.75, 3.05) is 0 Å². The molecule has 0 saturated carbocycles. The molecular formula is C47H74O9. The van der Waals surface area contributed by atoms with Gasteiger partial charge >= 0.3 is 18.1 Å². The number of benzene rings is 2. The van der Waals surface area contributed by atoms with E-state index in [2.05, 4.69) is 13.8 Å². The molecule has 0 aliphatic carbocycles. The predicted octanol–water partition coefficient (Wildman–Crippen LogP) is 14.3. The summed E-state index contributed by atoms with van der Waals surface area (Å²) >= 11 is 0. The molecule has 56 heavy (non-hydrogen) atoms. The van der Waals surface area contributed by atoms with E-state index < -0.39 is 30.7 Å². The van der Waals surface area contributed by atoms with Crippen LogP contribution in [0.25, 0.3) is 0 Å². The van der Waals surface area contributed by atoms with Crippen molar-refractivity contribution in [3.8, 4) is 0 Å². The number of rotatable bonds is 36. The van der Waals surface area contributed by atoms with E-state index >= 15 is 0 Å². The van der Waals surface area contributed by atoms with E-state index in [0.29, 0.717) is 36.8 Å². The van der Waals surface area contributed by atoms with Gasteiger partial charge in [0.05, 0.1) is 11.1 Å². The van der Waals surface area contributed by atoms with Crippen molar-refractivity contribution in [2.24, 2.45) is 0 Å². The molecule has 0 aliphatic rings. The van der Waals surface area contributed by atoms with Gasteiger partial charge in [-0.1, -0.05) is 204 Å². The Bertz CT molecular complexity index is 1130. The average Bonchev–Trinajstić information content (AvgIpc) is 3.22. The molecule has 0 spiro atoms. The molecule has 2 atom stereocenters. The van der Waals surface area contributed by atoms with Crippen molar-refractivity contribution in [3.05, 3.63) is 71.8 Å². The van der Waals surface area contributed by atoms with Gasteiger partial charge in [0.1, 0.15) is 0 Å². The molecule has 2 rings (SSSR count). The highest BCUT2D eigenvalue weighted by Crippen LogP contribution is 2.19. The molecule has 0 N–H and O–H groups in total. The molecule has 2 aromatic carbocycles. The normalized spacial score (nSPS) is 12.2. The Balaban J connectivity index is 1.82.